The van der Waals surface area contributed by atoms with E-state index in [0.29, 0.717) is 19.1 Å². The van der Waals surface area contributed by atoms with E-state index in [4.69, 9.17) is 9.47 Å². The first kappa shape index (κ1) is 13.5. The quantitative estimate of drug-likeness (QED) is 0.626. The standard InChI is InChI=1S/C13H23NO2/c1-12-4-6-13(10-12,11-14)5-3-7-16-9-8-15-2/h12H,3-10H2,1-2H3. The van der Waals surface area contributed by atoms with Crippen LogP contribution in [0.5, 0.6) is 0 Å². The molecule has 0 N–H and O–H groups in total. The van der Waals surface area contributed by atoms with Gasteiger partial charge in [-0.1, -0.05) is 6.92 Å². The largest absolute Gasteiger partial charge is 0.382 e. The fourth-order valence-electron chi connectivity index (χ4n) is 2.54. The SMILES string of the molecule is COCCOCCCC1(C#N)CCC(C)C1. The summed E-state index contributed by atoms with van der Waals surface area (Å²) >= 11 is 0. The summed E-state index contributed by atoms with van der Waals surface area (Å²) in [5, 5.41) is 9.26. The molecule has 0 aromatic carbocycles. The third-order valence-electron chi connectivity index (χ3n) is 3.47. The summed E-state index contributed by atoms with van der Waals surface area (Å²) in [5.41, 5.74) is -0.0516. The molecule has 1 saturated carbocycles. The Labute approximate surface area is 98.7 Å². The van der Waals surface area contributed by atoms with Crippen molar-refractivity contribution in [1.29, 1.82) is 5.26 Å². The van der Waals surface area contributed by atoms with E-state index in [1.807, 2.05) is 0 Å². The minimum atomic E-state index is -0.0516. The van der Waals surface area contributed by atoms with Crippen LogP contribution in [0.3, 0.4) is 0 Å². The minimum Gasteiger partial charge on any atom is -0.382 e. The molecule has 1 aliphatic rings. The maximum absolute atomic E-state index is 9.26. The van der Waals surface area contributed by atoms with E-state index in [-0.39, 0.29) is 5.41 Å². The van der Waals surface area contributed by atoms with Crippen LogP contribution in [0, 0.1) is 22.7 Å². The highest BCUT2D eigenvalue weighted by Crippen LogP contribution is 2.44. The lowest BCUT2D eigenvalue weighted by Gasteiger charge is -2.20. The molecule has 0 spiro atoms. The number of nitriles is 1. The van der Waals surface area contributed by atoms with E-state index in [1.54, 1.807) is 7.11 Å². The van der Waals surface area contributed by atoms with Gasteiger partial charge in [-0.05, 0) is 38.0 Å². The Morgan fingerprint density at radius 3 is 2.75 bits per heavy atom. The summed E-state index contributed by atoms with van der Waals surface area (Å²) in [6, 6.07) is 2.53. The fraction of sp³-hybridized carbons (Fsp3) is 0.923. The van der Waals surface area contributed by atoms with Crippen LogP contribution in [0.1, 0.15) is 39.0 Å². The molecule has 1 aliphatic carbocycles. The van der Waals surface area contributed by atoms with Crippen molar-refractivity contribution in [2.24, 2.45) is 11.3 Å². The van der Waals surface area contributed by atoms with Crippen LogP contribution < -0.4 is 0 Å². The molecule has 0 amide bonds. The molecule has 0 heterocycles. The lowest BCUT2D eigenvalue weighted by Crippen LogP contribution is -2.15. The van der Waals surface area contributed by atoms with Gasteiger partial charge in [0.15, 0.2) is 0 Å². The average Bonchev–Trinajstić information content (AvgIpc) is 2.66. The first-order valence-electron chi connectivity index (χ1n) is 6.20. The number of nitrogens with zero attached hydrogens (tertiary/aromatic N) is 1. The van der Waals surface area contributed by atoms with E-state index in [9.17, 15) is 5.26 Å². The molecule has 2 unspecified atom stereocenters. The predicted molar refractivity (Wildman–Crippen MR) is 63.0 cm³/mol. The molecule has 1 fully saturated rings. The summed E-state index contributed by atoms with van der Waals surface area (Å²) in [5.74, 6) is 0.717. The second-order valence-corrected chi connectivity index (χ2v) is 4.95. The van der Waals surface area contributed by atoms with Gasteiger partial charge < -0.3 is 9.47 Å². The van der Waals surface area contributed by atoms with E-state index in [2.05, 4.69) is 13.0 Å². The molecular weight excluding hydrogens is 202 g/mol. The molecule has 0 aliphatic heterocycles. The third kappa shape index (κ3) is 4.11. The van der Waals surface area contributed by atoms with E-state index in [1.165, 1.54) is 6.42 Å². The van der Waals surface area contributed by atoms with Crippen molar-refractivity contribution in [2.75, 3.05) is 26.9 Å². The highest BCUT2D eigenvalue weighted by atomic mass is 16.5. The molecule has 0 aromatic rings. The van der Waals surface area contributed by atoms with E-state index < -0.39 is 0 Å². The first-order valence-corrected chi connectivity index (χ1v) is 6.20. The highest BCUT2D eigenvalue weighted by molar-refractivity contribution is 5.03. The van der Waals surface area contributed by atoms with E-state index in [0.717, 1.165) is 32.3 Å². The van der Waals surface area contributed by atoms with Gasteiger partial charge in [0.05, 0.1) is 24.7 Å². The fourth-order valence-corrected chi connectivity index (χ4v) is 2.54. The van der Waals surface area contributed by atoms with Gasteiger partial charge in [-0.25, -0.2) is 0 Å². The molecule has 3 nitrogen and oxygen atoms in total. The molecule has 0 bridgehead atoms. The average molecular weight is 225 g/mol. The number of ether oxygens (including phenoxy) is 2. The van der Waals surface area contributed by atoms with Crippen molar-refractivity contribution < 1.29 is 9.47 Å². The van der Waals surface area contributed by atoms with Gasteiger partial charge in [0, 0.05) is 13.7 Å². The monoisotopic (exact) mass is 225 g/mol. The maximum Gasteiger partial charge on any atom is 0.0700 e. The molecule has 0 saturated heterocycles. The number of methoxy groups -OCH3 is 1. The molecule has 0 aromatic heterocycles. The van der Waals surface area contributed by atoms with Crippen LogP contribution in [-0.4, -0.2) is 26.9 Å². The zero-order valence-corrected chi connectivity index (χ0v) is 10.5. The van der Waals surface area contributed by atoms with Crippen molar-refractivity contribution in [1.82, 2.24) is 0 Å². The van der Waals surface area contributed by atoms with Gasteiger partial charge in [-0.3, -0.25) is 0 Å². The highest BCUT2D eigenvalue weighted by Gasteiger charge is 2.36. The van der Waals surface area contributed by atoms with Gasteiger partial charge in [-0.15, -0.1) is 0 Å². The summed E-state index contributed by atoms with van der Waals surface area (Å²) in [6.07, 6.45) is 5.33. The predicted octanol–water partition coefficient (Wildman–Crippen LogP) is 2.76. The van der Waals surface area contributed by atoms with Crippen molar-refractivity contribution >= 4 is 0 Å². The zero-order valence-electron chi connectivity index (χ0n) is 10.5. The minimum absolute atomic E-state index is 0.0516. The molecule has 16 heavy (non-hydrogen) atoms. The van der Waals surface area contributed by atoms with Gasteiger partial charge >= 0.3 is 0 Å². The first-order chi connectivity index (χ1) is 7.72. The maximum atomic E-state index is 9.26. The van der Waals surface area contributed by atoms with Crippen molar-refractivity contribution in [3.63, 3.8) is 0 Å². The Balaban J connectivity index is 2.13. The third-order valence-corrected chi connectivity index (χ3v) is 3.47. The van der Waals surface area contributed by atoms with Crippen LogP contribution in [0.2, 0.25) is 0 Å². The van der Waals surface area contributed by atoms with Crippen LogP contribution in [0.25, 0.3) is 0 Å². The lowest BCUT2D eigenvalue weighted by molar-refractivity contribution is 0.0656. The zero-order chi connectivity index (χ0) is 11.9. The van der Waals surface area contributed by atoms with Gasteiger partial charge in [0.1, 0.15) is 0 Å². The second-order valence-electron chi connectivity index (χ2n) is 4.95. The molecular formula is C13H23NO2. The topological polar surface area (TPSA) is 42.2 Å². The summed E-state index contributed by atoms with van der Waals surface area (Å²) in [7, 11) is 1.67. The van der Waals surface area contributed by atoms with Crippen LogP contribution >= 0.6 is 0 Å². The smallest absolute Gasteiger partial charge is 0.0700 e. The lowest BCUT2D eigenvalue weighted by atomic mass is 9.82. The second kappa shape index (κ2) is 6.88. The van der Waals surface area contributed by atoms with Gasteiger partial charge in [0.2, 0.25) is 0 Å². The number of hydrogen-bond donors (Lipinski definition) is 0. The summed E-state index contributed by atoms with van der Waals surface area (Å²) in [4.78, 5) is 0. The molecule has 2 atom stereocenters. The Morgan fingerprint density at radius 2 is 2.19 bits per heavy atom. The number of rotatable bonds is 7. The normalized spacial score (nSPS) is 29.2. The van der Waals surface area contributed by atoms with Gasteiger partial charge in [-0.2, -0.15) is 5.26 Å². The molecule has 92 valence electrons. The van der Waals surface area contributed by atoms with Crippen LogP contribution in [0.4, 0.5) is 0 Å². The summed E-state index contributed by atoms with van der Waals surface area (Å²) < 4.78 is 10.3. The van der Waals surface area contributed by atoms with Crippen LogP contribution in [0.15, 0.2) is 0 Å². The molecule has 0 radical (unpaired) electrons. The van der Waals surface area contributed by atoms with Crippen molar-refractivity contribution in [3.8, 4) is 6.07 Å². The Bertz CT molecular complexity index is 237. The molecule has 3 heteroatoms. The van der Waals surface area contributed by atoms with Crippen molar-refractivity contribution in [3.05, 3.63) is 0 Å². The Morgan fingerprint density at radius 1 is 1.38 bits per heavy atom. The Hall–Kier alpha value is -0.590. The van der Waals surface area contributed by atoms with Crippen molar-refractivity contribution in [2.45, 2.75) is 39.0 Å². The number of hydrogen-bond acceptors (Lipinski definition) is 3. The molecule has 1 rings (SSSR count). The van der Waals surface area contributed by atoms with Crippen LogP contribution in [-0.2, 0) is 9.47 Å². The Kier molecular flexibility index (Phi) is 5.79. The van der Waals surface area contributed by atoms with Gasteiger partial charge in [0.25, 0.3) is 0 Å². The van der Waals surface area contributed by atoms with E-state index >= 15 is 0 Å². The summed E-state index contributed by atoms with van der Waals surface area (Å²) in [6.45, 7) is 4.31.